The zero-order chi connectivity index (χ0) is 22.0. The summed E-state index contributed by atoms with van der Waals surface area (Å²) in [5.74, 6) is 0.867. The molecule has 1 aliphatic heterocycles. The van der Waals surface area contributed by atoms with Gasteiger partial charge in [0.05, 0.1) is 11.2 Å². The molecular weight excluding hydrogens is 369 g/mol. The Balaban J connectivity index is 2.25. The van der Waals surface area contributed by atoms with Crippen LogP contribution in [0.1, 0.15) is 54.0 Å². The van der Waals surface area contributed by atoms with E-state index in [1.54, 1.807) is 6.20 Å². The number of rotatable bonds is 5. The van der Waals surface area contributed by atoms with Gasteiger partial charge in [-0.15, -0.1) is 0 Å². The average molecular weight is 403 g/mol. The topological polar surface area (TPSA) is 72.9 Å². The van der Waals surface area contributed by atoms with Crippen LogP contribution in [0.5, 0.6) is 0 Å². The lowest BCUT2D eigenvalue weighted by Crippen LogP contribution is -2.41. The molecule has 0 aromatic carbocycles. The van der Waals surface area contributed by atoms with Gasteiger partial charge >= 0.3 is 13.2 Å². The molecule has 0 spiro atoms. The maximum Gasteiger partial charge on any atom is 0.492 e. The lowest BCUT2D eigenvalue weighted by molar-refractivity contribution is 0.00578. The van der Waals surface area contributed by atoms with Gasteiger partial charge in [-0.05, 0) is 71.6 Å². The lowest BCUT2D eigenvalue weighted by Gasteiger charge is -2.32. The highest BCUT2D eigenvalue weighted by atomic mass is 16.7. The van der Waals surface area contributed by atoms with Gasteiger partial charge in [0.1, 0.15) is 11.4 Å². The molecule has 0 atom stereocenters. The molecule has 0 unspecified atom stereocenters. The van der Waals surface area contributed by atoms with Crippen LogP contribution < -0.4 is 10.2 Å². The Hall–Kier alpha value is -2.06. The molecule has 0 aliphatic carbocycles. The second-order valence-corrected chi connectivity index (χ2v) is 9.51. The molecule has 0 bridgehead atoms. The predicted molar refractivity (Wildman–Crippen MR) is 117 cm³/mol. The summed E-state index contributed by atoms with van der Waals surface area (Å²) < 4.78 is 17.7. The van der Waals surface area contributed by atoms with Crippen LogP contribution in [0.4, 0.5) is 10.6 Å². The molecule has 0 radical (unpaired) electrons. The van der Waals surface area contributed by atoms with Crippen molar-refractivity contribution < 1.29 is 18.8 Å². The van der Waals surface area contributed by atoms with Crippen molar-refractivity contribution in [2.75, 3.05) is 25.5 Å². The Labute approximate surface area is 174 Å². The van der Waals surface area contributed by atoms with E-state index in [0.717, 1.165) is 16.9 Å². The number of carbonyl (C=O) groups is 1. The number of ether oxygens (including phenoxy) is 1. The van der Waals surface area contributed by atoms with E-state index >= 15 is 0 Å². The van der Waals surface area contributed by atoms with Gasteiger partial charge in [0.15, 0.2) is 0 Å². The Morgan fingerprint density at radius 1 is 1.21 bits per heavy atom. The zero-order valence-corrected chi connectivity index (χ0v) is 19.1. The fourth-order valence-corrected chi connectivity index (χ4v) is 2.65. The number of nitrogens with zero attached hydrogens (tertiary/aromatic N) is 2. The largest absolute Gasteiger partial charge is 0.492 e. The molecule has 1 aromatic rings. The second kappa shape index (κ2) is 8.36. The first-order valence-corrected chi connectivity index (χ1v) is 9.86. The first-order valence-electron chi connectivity index (χ1n) is 9.86. The monoisotopic (exact) mass is 403 g/mol. The molecule has 1 N–H and O–H groups in total. The number of pyridine rings is 1. The van der Waals surface area contributed by atoms with Crippen molar-refractivity contribution in [3.8, 4) is 0 Å². The number of aromatic nitrogens is 1. The summed E-state index contributed by atoms with van der Waals surface area (Å²) in [7, 11) is 3.31. The number of nitrogens with one attached hydrogen (secondary N) is 1. The van der Waals surface area contributed by atoms with Crippen molar-refractivity contribution in [1.82, 2.24) is 10.3 Å². The zero-order valence-electron chi connectivity index (χ0n) is 19.1. The highest BCUT2D eigenvalue weighted by molar-refractivity contribution is 6.56. The Morgan fingerprint density at radius 3 is 2.24 bits per heavy atom. The van der Waals surface area contributed by atoms with E-state index in [4.69, 9.17) is 14.0 Å². The Bertz CT molecular complexity index is 736. The van der Waals surface area contributed by atoms with Gasteiger partial charge in [0.25, 0.3) is 0 Å². The third kappa shape index (κ3) is 6.21. The van der Waals surface area contributed by atoms with Crippen LogP contribution in [-0.4, -0.2) is 55.6 Å². The normalized spacial score (nSPS) is 18.5. The maximum absolute atomic E-state index is 12.1. The predicted octanol–water partition coefficient (Wildman–Crippen LogP) is 3.69. The van der Waals surface area contributed by atoms with Crippen molar-refractivity contribution >= 4 is 25.1 Å². The van der Waals surface area contributed by atoms with Crippen LogP contribution in [0.2, 0.25) is 0 Å². The highest BCUT2D eigenvalue weighted by Crippen LogP contribution is 2.38. The molecule has 1 fully saturated rings. The van der Waals surface area contributed by atoms with Gasteiger partial charge in [0.2, 0.25) is 0 Å². The van der Waals surface area contributed by atoms with Gasteiger partial charge in [-0.2, -0.15) is 0 Å². The summed E-state index contributed by atoms with van der Waals surface area (Å²) in [6, 6.07) is 3.91. The van der Waals surface area contributed by atoms with Crippen LogP contribution in [0.15, 0.2) is 23.8 Å². The van der Waals surface area contributed by atoms with Crippen molar-refractivity contribution in [1.29, 1.82) is 0 Å². The molecule has 160 valence electrons. The molecule has 1 aromatic heterocycles. The SMILES string of the molecule is CN(C)c1ccc(C=C(CNC(=O)OC(C)(C)C)B2OC(C)(C)C(C)(C)O2)cn1. The number of anilines is 1. The minimum absolute atomic E-state index is 0.237. The summed E-state index contributed by atoms with van der Waals surface area (Å²) in [5.41, 5.74) is 0.163. The molecule has 7 nitrogen and oxygen atoms in total. The minimum Gasteiger partial charge on any atom is -0.444 e. The minimum atomic E-state index is -0.580. The first kappa shape index (κ1) is 23.2. The van der Waals surface area contributed by atoms with Crippen LogP contribution in [0.3, 0.4) is 0 Å². The van der Waals surface area contributed by atoms with Gasteiger partial charge in [-0.3, -0.25) is 0 Å². The Morgan fingerprint density at radius 2 is 1.79 bits per heavy atom. The molecular formula is C21H34BN3O4. The Kier molecular flexibility index (Phi) is 6.70. The molecule has 2 heterocycles. The standard InChI is InChI=1S/C21H34BN3O4/c1-19(2,3)27-18(26)24-14-16(22-28-20(4,5)21(6,7)29-22)12-15-10-11-17(23-13-15)25(8)9/h10-13H,14H2,1-9H3,(H,24,26). The van der Waals surface area contributed by atoms with Crippen LogP contribution in [0.25, 0.3) is 6.08 Å². The summed E-state index contributed by atoms with van der Waals surface area (Å²) >= 11 is 0. The summed E-state index contributed by atoms with van der Waals surface area (Å²) in [6.07, 6.45) is 3.24. The lowest BCUT2D eigenvalue weighted by atomic mass is 9.77. The van der Waals surface area contributed by atoms with Crippen molar-refractivity contribution in [3.05, 3.63) is 29.4 Å². The van der Waals surface area contributed by atoms with E-state index in [1.165, 1.54) is 0 Å². The van der Waals surface area contributed by atoms with E-state index in [0.29, 0.717) is 0 Å². The van der Waals surface area contributed by atoms with E-state index < -0.39 is 30.0 Å². The molecule has 29 heavy (non-hydrogen) atoms. The molecule has 1 saturated heterocycles. The van der Waals surface area contributed by atoms with Gasteiger partial charge < -0.3 is 24.3 Å². The van der Waals surface area contributed by atoms with E-state index in [1.807, 2.05) is 85.7 Å². The van der Waals surface area contributed by atoms with Crippen LogP contribution in [0, 0.1) is 0 Å². The molecule has 1 aliphatic rings. The van der Waals surface area contributed by atoms with E-state index in [9.17, 15) is 4.79 Å². The molecule has 1 amide bonds. The van der Waals surface area contributed by atoms with Gasteiger partial charge in [-0.25, -0.2) is 9.78 Å². The number of alkyl carbamates (subject to hydrolysis) is 1. The van der Waals surface area contributed by atoms with Gasteiger partial charge in [-0.1, -0.05) is 6.08 Å². The summed E-state index contributed by atoms with van der Waals surface area (Å²) in [4.78, 5) is 18.5. The van der Waals surface area contributed by atoms with Crippen molar-refractivity contribution in [2.24, 2.45) is 0 Å². The third-order valence-corrected chi connectivity index (χ3v) is 4.97. The average Bonchev–Trinajstić information content (AvgIpc) is 2.78. The van der Waals surface area contributed by atoms with Crippen molar-refractivity contribution in [2.45, 2.75) is 65.3 Å². The van der Waals surface area contributed by atoms with Gasteiger partial charge in [0, 0.05) is 26.8 Å². The van der Waals surface area contributed by atoms with E-state index in [2.05, 4.69) is 10.3 Å². The first-order chi connectivity index (χ1) is 13.2. The smallest absolute Gasteiger partial charge is 0.444 e. The number of hydrogen-bond donors (Lipinski definition) is 1. The molecule has 2 rings (SSSR count). The number of amides is 1. The fraction of sp³-hybridized carbons (Fsp3) is 0.619. The summed E-state index contributed by atoms with van der Waals surface area (Å²) in [5, 5.41) is 2.80. The molecule has 0 saturated carbocycles. The second-order valence-electron chi connectivity index (χ2n) is 9.51. The molecule has 8 heteroatoms. The van der Waals surface area contributed by atoms with E-state index in [-0.39, 0.29) is 6.54 Å². The fourth-order valence-electron chi connectivity index (χ4n) is 2.65. The third-order valence-electron chi connectivity index (χ3n) is 4.97. The van der Waals surface area contributed by atoms with Crippen molar-refractivity contribution in [3.63, 3.8) is 0 Å². The quantitative estimate of drug-likeness (QED) is 0.756. The highest BCUT2D eigenvalue weighted by Gasteiger charge is 2.52. The maximum atomic E-state index is 12.1. The summed E-state index contributed by atoms with van der Waals surface area (Å²) in [6.45, 7) is 13.7. The number of carbonyl (C=O) groups excluding carboxylic acids is 1. The van der Waals surface area contributed by atoms with Crippen LogP contribution in [-0.2, 0) is 14.0 Å². The van der Waals surface area contributed by atoms with Crippen LogP contribution >= 0.6 is 0 Å². The number of hydrogen-bond acceptors (Lipinski definition) is 6.